The van der Waals surface area contributed by atoms with Crippen LogP contribution < -0.4 is 5.32 Å². The quantitative estimate of drug-likeness (QED) is 0.876. The highest BCUT2D eigenvalue weighted by atomic mass is 79.9. The fourth-order valence-electron chi connectivity index (χ4n) is 2.56. The van der Waals surface area contributed by atoms with Crippen LogP contribution in [0.2, 0.25) is 0 Å². The van der Waals surface area contributed by atoms with Crippen molar-refractivity contribution in [3.8, 4) is 0 Å². The maximum Gasteiger partial charge on any atom is 0.305 e. The average molecular weight is 341 g/mol. The maximum absolute atomic E-state index is 11.9. The third-order valence-corrected chi connectivity index (χ3v) is 4.32. The molecule has 0 bridgehead atoms. The molecule has 2 unspecified atom stereocenters. The summed E-state index contributed by atoms with van der Waals surface area (Å²) in [4.78, 5) is 24.9. The van der Waals surface area contributed by atoms with E-state index in [0.29, 0.717) is 13.1 Å². The van der Waals surface area contributed by atoms with Crippen LogP contribution in [0.15, 0.2) is 28.7 Å². The van der Waals surface area contributed by atoms with Gasteiger partial charge in [0.2, 0.25) is 5.91 Å². The van der Waals surface area contributed by atoms with E-state index in [-0.39, 0.29) is 18.4 Å². The summed E-state index contributed by atoms with van der Waals surface area (Å²) in [5, 5.41) is 11.7. The third kappa shape index (κ3) is 3.19. The number of hydrogen-bond donors (Lipinski definition) is 2. The number of aliphatic carboxylic acids is 1. The third-order valence-electron chi connectivity index (χ3n) is 3.59. The highest BCUT2D eigenvalue weighted by Crippen LogP contribution is 2.30. The number of benzene rings is 1. The number of nitrogens with zero attached hydrogens (tertiary/aromatic N) is 1. The molecule has 2 atom stereocenters. The summed E-state index contributed by atoms with van der Waals surface area (Å²) >= 11 is 3.51. The van der Waals surface area contributed by atoms with Crippen LogP contribution in [0.3, 0.4) is 0 Å². The van der Waals surface area contributed by atoms with Crippen LogP contribution in [0, 0.1) is 0 Å². The van der Waals surface area contributed by atoms with Crippen LogP contribution in [-0.4, -0.2) is 41.0 Å². The van der Waals surface area contributed by atoms with Crippen molar-refractivity contribution in [1.29, 1.82) is 0 Å². The van der Waals surface area contributed by atoms with Gasteiger partial charge in [0.15, 0.2) is 0 Å². The van der Waals surface area contributed by atoms with E-state index in [4.69, 9.17) is 5.11 Å². The Morgan fingerprint density at radius 3 is 2.90 bits per heavy atom. The molecular weight excluding hydrogens is 324 g/mol. The minimum absolute atomic E-state index is 0.0269. The average Bonchev–Trinajstić information content (AvgIpc) is 2.40. The molecule has 6 heteroatoms. The second kappa shape index (κ2) is 6.37. The van der Waals surface area contributed by atoms with Gasteiger partial charge in [0.05, 0.1) is 6.42 Å². The highest BCUT2D eigenvalue weighted by Gasteiger charge is 2.35. The number of amides is 1. The second-order valence-electron chi connectivity index (χ2n) is 4.84. The Kier molecular flexibility index (Phi) is 4.77. The molecule has 1 fully saturated rings. The minimum Gasteiger partial charge on any atom is -0.481 e. The first-order valence-electron chi connectivity index (χ1n) is 6.50. The highest BCUT2D eigenvalue weighted by molar-refractivity contribution is 9.10. The number of halogens is 1. The predicted octanol–water partition coefficient (Wildman–Crippen LogP) is 1.79. The monoisotopic (exact) mass is 340 g/mol. The number of carbonyl (C=O) groups excluding carboxylic acids is 1. The van der Waals surface area contributed by atoms with Crippen LogP contribution >= 0.6 is 15.9 Å². The Hall–Kier alpha value is -1.40. The Morgan fingerprint density at radius 1 is 1.55 bits per heavy atom. The Morgan fingerprint density at radius 2 is 2.25 bits per heavy atom. The van der Waals surface area contributed by atoms with Gasteiger partial charge in [-0.15, -0.1) is 0 Å². The standard InChI is InChI=1S/C14H17BrN2O3/c1-9(10-4-2-3-5-11(10)15)17-7-6-16-14(20)12(17)8-13(18)19/h2-5,9,12H,6-8H2,1H3,(H,16,20)(H,18,19). The van der Waals surface area contributed by atoms with Gasteiger partial charge >= 0.3 is 5.97 Å². The first-order valence-corrected chi connectivity index (χ1v) is 7.29. The smallest absolute Gasteiger partial charge is 0.305 e. The molecule has 2 N–H and O–H groups in total. The van der Waals surface area contributed by atoms with E-state index in [0.717, 1.165) is 10.0 Å². The number of piperazine rings is 1. The van der Waals surface area contributed by atoms with Crippen LogP contribution in [0.4, 0.5) is 0 Å². The number of hydrogen-bond acceptors (Lipinski definition) is 3. The van der Waals surface area contributed by atoms with Crippen molar-refractivity contribution in [1.82, 2.24) is 10.2 Å². The number of carboxylic acids is 1. The van der Waals surface area contributed by atoms with Crippen LogP contribution in [0.1, 0.15) is 24.9 Å². The van der Waals surface area contributed by atoms with E-state index in [1.807, 2.05) is 36.1 Å². The lowest BCUT2D eigenvalue weighted by Crippen LogP contribution is -2.56. The lowest BCUT2D eigenvalue weighted by atomic mass is 10.0. The van der Waals surface area contributed by atoms with E-state index in [1.165, 1.54) is 0 Å². The van der Waals surface area contributed by atoms with Gasteiger partial charge in [-0.25, -0.2) is 0 Å². The molecule has 1 heterocycles. The van der Waals surface area contributed by atoms with Gasteiger partial charge in [0.1, 0.15) is 6.04 Å². The number of nitrogens with one attached hydrogen (secondary N) is 1. The van der Waals surface area contributed by atoms with Crippen molar-refractivity contribution < 1.29 is 14.7 Å². The van der Waals surface area contributed by atoms with Crippen LogP contribution in [0.5, 0.6) is 0 Å². The van der Waals surface area contributed by atoms with Gasteiger partial charge in [0, 0.05) is 23.6 Å². The van der Waals surface area contributed by atoms with Crippen molar-refractivity contribution >= 4 is 27.8 Å². The zero-order valence-corrected chi connectivity index (χ0v) is 12.8. The van der Waals surface area contributed by atoms with Gasteiger partial charge in [-0.1, -0.05) is 34.1 Å². The van der Waals surface area contributed by atoms with E-state index < -0.39 is 12.0 Å². The summed E-state index contributed by atoms with van der Waals surface area (Å²) in [7, 11) is 0. The van der Waals surface area contributed by atoms with Gasteiger partial charge in [-0.2, -0.15) is 0 Å². The van der Waals surface area contributed by atoms with Crippen molar-refractivity contribution in [3.63, 3.8) is 0 Å². The van der Waals surface area contributed by atoms with Gasteiger partial charge < -0.3 is 10.4 Å². The first kappa shape index (κ1) is 15.0. The fraction of sp³-hybridized carbons (Fsp3) is 0.429. The molecule has 0 radical (unpaired) electrons. The van der Waals surface area contributed by atoms with E-state index in [1.54, 1.807) is 0 Å². The first-order chi connectivity index (χ1) is 9.50. The zero-order chi connectivity index (χ0) is 14.7. The SMILES string of the molecule is CC(c1ccccc1Br)N1CCNC(=O)C1CC(=O)O. The van der Waals surface area contributed by atoms with Gasteiger partial charge in [-0.3, -0.25) is 14.5 Å². The van der Waals surface area contributed by atoms with Crippen LogP contribution in [-0.2, 0) is 9.59 Å². The summed E-state index contributed by atoms with van der Waals surface area (Å²) < 4.78 is 0.965. The number of carboxylic acid groups (broad SMARTS) is 1. The molecule has 0 saturated carbocycles. The Labute approximate surface area is 126 Å². The molecule has 5 nitrogen and oxygen atoms in total. The molecule has 0 spiro atoms. The number of carbonyl (C=O) groups is 2. The topological polar surface area (TPSA) is 69.6 Å². The fourth-order valence-corrected chi connectivity index (χ4v) is 3.18. The van der Waals surface area contributed by atoms with Crippen LogP contribution in [0.25, 0.3) is 0 Å². The second-order valence-corrected chi connectivity index (χ2v) is 5.69. The predicted molar refractivity (Wildman–Crippen MR) is 78.3 cm³/mol. The molecule has 1 aliphatic rings. The lowest BCUT2D eigenvalue weighted by Gasteiger charge is -2.39. The molecular formula is C14H17BrN2O3. The van der Waals surface area contributed by atoms with E-state index in [2.05, 4.69) is 21.2 Å². The molecule has 1 aromatic carbocycles. The zero-order valence-electron chi connectivity index (χ0n) is 11.2. The Balaban J connectivity index is 2.25. The van der Waals surface area contributed by atoms with Crippen molar-refractivity contribution in [2.45, 2.75) is 25.4 Å². The van der Waals surface area contributed by atoms with Crippen molar-refractivity contribution in [3.05, 3.63) is 34.3 Å². The van der Waals surface area contributed by atoms with Crippen molar-refractivity contribution in [2.75, 3.05) is 13.1 Å². The molecule has 1 amide bonds. The normalized spacial score (nSPS) is 21.3. The van der Waals surface area contributed by atoms with E-state index in [9.17, 15) is 9.59 Å². The molecule has 0 aliphatic carbocycles. The molecule has 1 aromatic rings. The summed E-state index contributed by atoms with van der Waals surface area (Å²) in [5.41, 5.74) is 1.05. The molecule has 108 valence electrons. The van der Waals surface area contributed by atoms with Crippen molar-refractivity contribution in [2.24, 2.45) is 0 Å². The van der Waals surface area contributed by atoms with Gasteiger partial charge in [0.25, 0.3) is 0 Å². The summed E-state index contributed by atoms with van der Waals surface area (Å²) in [5.74, 6) is -1.17. The lowest BCUT2D eigenvalue weighted by molar-refractivity contribution is -0.143. The molecule has 0 aromatic heterocycles. The van der Waals surface area contributed by atoms with Gasteiger partial charge in [-0.05, 0) is 18.6 Å². The molecule has 2 rings (SSSR count). The summed E-state index contributed by atoms with van der Waals surface area (Å²) in [6.07, 6.45) is -0.180. The Bertz CT molecular complexity index is 521. The molecule has 1 aliphatic heterocycles. The largest absolute Gasteiger partial charge is 0.481 e. The van der Waals surface area contributed by atoms with E-state index >= 15 is 0 Å². The minimum atomic E-state index is -0.962. The summed E-state index contributed by atoms with van der Waals surface area (Å²) in [6, 6.07) is 7.15. The maximum atomic E-state index is 11.9. The molecule has 1 saturated heterocycles. The number of rotatable bonds is 4. The molecule has 20 heavy (non-hydrogen) atoms. The summed E-state index contributed by atoms with van der Waals surface area (Å²) in [6.45, 7) is 3.18.